The van der Waals surface area contributed by atoms with E-state index in [0.29, 0.717) is 17.8 Å². The first-order valence-corrected chi connectivity index (χ1v) is 11.1. The molecule has 1 fully saturated rings. The van der Waals surface area contributed by atoms with Gasteiger partial charge in [-0.05, 0) is 42.8 Å². The average molecular weight is 419 g/mol. The summed E-state index contributed by atoms with van der Waals surface area (Å²) in [4.78, 5) is 32.2. The fourth-order valence-corrected chi connectivity index (χ4v) is 4.21. The Morgan fingerprint density at radius 3 is 2.13 bits per heavy atom. The van der Waals surface area contributed by atoms with E-state index < -0.39 is 0 Å². The first-order valence-electron chi connectivity index (χ1n) is 11.1. The van der Waals surface area contributed by atoms with Gasteiger partial charge in [-0.1, -0.05) is 44.2 Å². The van der Waals surface area contributed by atoms with Crippen LogP contribution in [-0.2, 0) is 9.59 Å². The minimum Gasteiger partial charge on any atom is -0.369 e. The lowest BCUT2D eigenvalue weighted by Gasteiger charge is -2.35. The molecule has 6 nitrogen and oxygen atoms in total. The number of piperazine rings is 1. The van der Waals surface area contributed by atoms with Crippen LogP contribution in [0.5, 0.6) is 0 Å². The van der Waals surface area contributed by atoms with Gasteiger partial charge in [0.2, 0.25) is 0 Å². The van der Waals surface area contributed by atoms with Gasteiger partial charge in [-0.15, -0.1) is 0 Å². The molecule has 2 heterocycles. The highest BCUT2D eigenvalue weighted by atomic mass is 16.2. The van der Waals surface area contributed by atoms with Crippen molar-refractivity contribution in [3.05, 3.63) is 65.9 Å². The molecule has 0 aliphatic carbocycles. The van der Waals surface area contributed by atoms with Crippen LogP contribution in [0.1, 0.15) is 25.8 Å². The van der Waals surface area contributed by atoms with E-state index in [1.54, 1.807) is 0 Å². The van der Waals surface area contributed by atoms with E-state index in [1.807, 2.05) is 49.4 Å². The van der Waals surface area contributed by atoms with E-state index in [2.05, 4.69) is 34.2 Å². The molecule has 0 radical (unpaired) electrons. The molecule has 2 aromatic rings. The van der Waals surface area contributed by atoms with E-state index in [4.69, 9.17) is 0 Å². The van der Waals surface area contributed by atoms with Crippen molar-refractivity contribution in [2.45, 2.75) is 20.3 Å². The number of imide groups is 1. The molecule has 0 aromatic heterocycles. The maximum atomic E-state index is 13.0. The molecule has 0 unspecified atom stereocenters. The Bertz CT molecular complexity index is 961. The monoisotopic (exact) mass is 418 g/mol. The molecule has 2 aliphatic rings. The van der Waals surface area contributed by atoms with Crippen LogP contribution in [0.3, 0.4) is 0 Å². The summed E-state index contributed by atoms with van der Waals surface area (Å²) >= 11 is 0. The molecule has 31 heavy (non-hydrogen) atoms. The topological polar surface area (TPSA) is 55.9 Å². The van der Waals surface area contributed by atoms with E-state index in [-0.39, 0.29) is 11.8 Å². The summed E-state index contributed by atoms with van der Waals surface area (Å²) in [6.45, 7) is 9.87. The van der Waals surface area contributed by atoms with Crippen LogP contribution in [0.4, 0.5) is 11.4 Å². The van der Waals surface area contributed by atoms with Crippen LogP contribution in [0, 0.1) is 0 Å². The fourth-order valence-electron chi connectivity index (χ4n) is 4.21. The zero-order chi connectivity index (χ0) is 21.8. The summed E-state index contributed by atoms with van der Waals surface area (Å²) in [5.41, 5.74) is 3.54. The number of carbonyl (C=O) groups is 2. The van der Waals surface area contributed by atoms with Crippen LogP contribution in [-0.4, -0.2) is 60.9 Å². The maximum Gasteiger partial charge on any atom is 0.278 e. The number of nitrogens with one attached hydrogen (secondary N) is 1. The molecule has 2 amide bonds. The summed E-state index contributed by atoms with van der Waals surface area (Å²) in [5.74, 6) is -0.489. The molecular weight excluding hydrogens is 388 g/mol. The maximum absolute atomic E-state index is 13.0. The van der Waals surface area contributed by atoms with E-state index in [0.717, 1.165) is 50.4 Å². The van der Waals surface area contributed by atoms with Gasteiger partial charge in [0, 0.05) is 44.1 Å². The van der Waals surface area contributed by atoms with Crippen molar-refractivity contribution in [2.75, 3.05) is 49.5 Å². The largest absolute Gasteiger partial charge is 0.369 e. The molecule has 162 valence electrons. The van der Waals surface area contributed by atoms with Crippen molar-refractivity contribution < 1.29 is 9.59 Å². The Hall–Kier alpha value is -3.12. The van der Waals surface area contributed by atoms with Crippen molar-refractivity contribution >= 4 is 28.8 Å². The second-order valence-electron chi connectivity index (χ2n) is 7.97. The third-order valence-electron chi connectivity index (χ3n) is 6.00. The van der Waals surface area contributed by atoms with Crippen LogP contribution >= 0.6 is 0 Å². The van der Waals surface area contributed by atoms with Crippen molar-refractivity contribution in [1.29, 1.82) is 0 Å². The lowest BCUT2D eigenvalue weighted by atomic mass is 10.0. The number of likely N-dealkylation sites (N-methyl/N-ethyl adjacent to an activating group) is 1. The highest BCUT2D eigenvalue weighted by Crippen LogP contribution is 2.31. The molecular formula is C25H30N4O2. The molecule has 4 rings (SSSR count). The smallest absolute Gasteiger partial charge is 0.278 e. The van der Waals surface area contributed by atoms with Gasteiger partial charge >= 0.3 is 0 Å². The fraction of sp³-hybridized carbons (Fsp3) is 0.360. The molecule has 0 saturated carbocycles. The lowest BCUT2D eigenvalue weighted by molar-refractivity contribution is -0.136. The van der Waals surface area contributed by atoms with Crippen LogP contribution in [0.2, 0.25) is 0 Å². The molecule has 2 aliphatic heterocycles. The van der Waals surface area contributed by atoms with Gasteiger partial charge < -0.3 is 15.1 Å². The zero-order valence-electron chi connectivity index (χ0n) is 18.3. The molecule has 0 bridgehead atoms. The van der Waals surface area contributed by atoms with Gasteiger partial charge in [-0.3, -0.25) is 14.5 Å². The van der Waals surface area contributed by atoms with Crippen LogP contribution in [0.25, 0.3) is 5.57 Å². The van der Waals surface area contributed by atoms with Crippen molar-refractivity contribution in [3.8, 4) is 0 Å². The second kappa shape index (κ2) is 9.35. The Labute approximate surface area is 184 Å². The SMILES string of the molecule is CCCN1C(=O)C(Nc2ccc(N3CCN(CC)CC3)cc2)=C(c2ccccc2)C1=O. The predicted molar refractivity (Wildman–Crippen MR) is 125 cm³/mol. The Morgan fingerprint density at radius 1 is 0.839 bits per heavy atom. The first-order chi connectivity index (χ1) is 15.1. The average Bonchev–Trinajstić information content (AvgIpc) is 3.05. The van der Waals surface area contributed by atoms with Crippen LogP contribution in [0.15, 0.2) is 60.3 Å². The molecule has 2 aromatic carbocycles. The normalized spacial score (nSPS) is 17.6. The van der Waals surface area contributed by atoms with Gasteiger partial charge in [0.15, 0.2) is 0 Å². The van der Waals surface area contributed by atoms with Crippen LogP contribution < -0.4 is 10.2 Å². The minimum atomic E-state index is -0.259. The van der Waals surface area contributed by atoms with Gasteiger partial charge in [0.25, 0.3) is 11.8 Å². The van der Waals surface area contributed by atoms with E-state index in [9.17, 15) is 9.59 Å². The summed E-state index contributed by atoms with van der Waals surface area (Å²) in [6.07, 6.45) is 0.729. The number of hydrogen-bond acceptors (Lipinski definition) is 5. The number of benzene rings is 2. The molecule has 0 spiro atoms. The predicted octanol–water partition coefficient (Wildman–Crippen LogP) is 3.43. The van der Waals surface area contributed by atoms with Gasteiger partial charge in [0.05, 0.1) is 5.57 Å². The summed E-state index contributed by atoms with van der Waals surface area (Å²) < 4.78 is 0. The Balaban J connectivity index is 1.56. The van der Waals surface area contributed by atoms with E-state index in [1.165, 1.54) is 10.6 Å². The molecule has 1 N–H and O–H groups in total. The lowest BCUT2D eigenvalue weighted by Crippen LogP contribution is -2.46. The van der Waals surface area contributed by atoms with Crippen molar-refractivity contribution in [3.63, 3.8) is 0 Å². The zero-order valence-corrected chi connectivity index (χ0v) is 18.3. The number of anilines is 2. The third kappa shape index (κ3) is 4.35. The van der Waals surface area contributed by atoms with Crippen molar-refractivity contribution in [2.24, 2.45) is 0 Å². The number of nitrogens with zero attached hydrogens (tertiary/aromatic N) is 3. The van der Waals surface area contributed by atoms with Gasteiger partial charge in [-0.25, -0.2) is 0 Å². The molecule has 1 saturated heterocycles. The van der Waals surface area contributed by atoms with Gasteiger partial charge in [-0.2, -0.15) is 0 Å². The highest BCUT2D eigenvalue weighted by Gasteiger charge is 2.38. The summed E-state index contributed by atoms with van der Waals surface area (Å²) in [6, 6.07) is 17.5. The number of carbonyl (C=O) groups excluding carboxylic acids is 2. The van der Waals surface area contributed by atoms with Gasteiger partial charge in [0.1, 0.15) is 5.70 Å². The molecule has 0 atom stereocenters. The Morgan fingerprint density at radius 2 is 1.52 bits per heavy atom. The number of hydrogen-bond donors (Lipinski definition) is 1. The first kappa shape index (κ1) is 21.1. The van der Waals surface area contributed by atoms with E-state index >= 15 is 0 Å². The quantitative estimate of drug-likeness (QED) is 0.698. The second-order valence-corrected chi connectivity index (χ2v) is 7.97. The Kier molecular flexibility index (Phi) is 6.37. The summed E-state index contributed by atoms with van der Waals surface area (Å²) in [7, 11) is 0. The highest BCUT2D eigenvalue weighted by molar-refractivity contribution is 6.36. The summed E-state index contributed by atoms with van der Waals surface area (Å²) in [5, 5.41) is 3.25. The number of rotatable bonds is 7. The number of amides is 2. The molecule has 6 heteroatoms. The third-order valence-corrected chi connectivity index (χ3v) is 6.00. The van der Waals surface area contributed by atoms with Crippen molar-refractivity contribution in [1.82, 2.24) is 9.80 Å². The standard InChI is InChI=1S/C25H30N4O2/c1-3-14-29-24(30)22(19-8-6-5-7-9-19)23(25(29)31)26-20-10-12-21(13-11-20)28-17-15-27(4-2)16-18-28/h5-13,26H,3-4,14-18H2,1-2H3. The minimum absolute atomic E-state index is 0.231.